The third-order valence-electron chi connectivity index (χ3n) is 11.6. The largest absolute Gasteiger partial charge is 0.507 e. The molecular weight excluding hydrogens is 753 g/mol. The molecule has 0 radical (unpaired) electrons. The molecule has 4 N–H and O–H groups in total. The molecule has 0 spiro atoms. The average molecular weight is 803 g/mol. The summed E-state index contributed by atoms with van der Waals surface area (Å²) in [6, 6.07) is 49.9. The van der Waals surface area contributed by atoms with Gasteiger partial charge in [-0.05, 0) is 109 Å². The number of aliphatic imine (C=N–C) groups is 2. The van der Waals surface area contributed by atoms with Crippen LogP contribution in [0.3, 0.4) is 0 Å². The lowest BCUT2D eigenvalue weighted by Gasteiger charge is -2.19. The number of hydrogen-bond acceptors (Lipinski definition) is 5. The minimum atomic E-state index is -0.639. The normalized spacial score (nSPS) is 13.0. The maximum atomic E-state index is 10.9. The number of phenolic OH excluding ortho intramolecular Hbond substituents is 4. The van der Waals surface area contributed by atoms with Crippen LogP contribution in [-0.4, -0.2) is 32.0 Å². The maximum absolute atomic E-state index is 10.9. The number of allylic oxidation sites excluding steroid dienone is 1. The number of nitrogens with zero attached hydrogens (tertiary/aromatic N) is 2. The SMILES string of the molecule is CCc1c(O)c(O)c(O)c(-c2ccc(-c3ccc(-c4ccc(-c5c(C)cccc5C(=N/C(=C(C)C)c5ccccc5)/N=C(\C)c5ccccc5)c(C5CC5)c4)cc3)cc2)c1O. The maximum Gasteiger partial charge on any atom is 0.201 e. The van der Waals surface area contributed by atoms with Crippen molar-refractivity contribution in [2.24, 2.45) is 9.98 Å². The standard InChI is InChI=1S/C55H50N2O4/c1-6-44-51(58)49(53(60)54(61)52(44)59)41-28-24-38(25-29-41)37-20-22-39(23-21-37)43-30-31-45(47(32-43)40-26-27-40)48-34(4)14-13-19-46(48)55(56-35(5)36-15-9-7-10-16-36)57-50(33(2)3)42-17-11-8-12-18-42/h7-25,28-32,40,58-61H,6,26-27H2,1-5H3/b56-35+,57-55-. The second-order valence-electron chi connectivity index (χ2n) is 16.0. The zero-order valence-corrected chi connectivity index (χ0v) is 35.2. The Kier molecular flexibility index (Phi) is 11.4. The van der Waals surface area contributed by atoms with E-state index in [9.17, 15) is 20.4 Å². The fourth-order valence-corrected chi connectivity index (χ4v) is 8.17. The van der Waals surface area contributed by atoms with E-state index in [1.54, 1.807) is 19.1 Å². The van der Waals surface area contributed by atoms with Crippen molar-refractivity contribution in [2.75, 3.05) is 0 Å². The Morgan fingerprint density at radius 1 is 0.541 bits per heavy atom. The Labute approximate surface area is 358 Å². The van der Waals surface area contributed by atoms with E-state index < -0.39 is 17.2 Å². The molecular formula is C55H50N2O4. The van der Waals surface area contributed by atoms with Gasteiger partial charge in [0, 0.05) is 22.4 Å². The number of phenols is 4. The van der Waals surface area contributed by atoms with Gasteiger partial charge in [0.2, 0.25) is 5.75 Å². The summed E-state index contributed by atoms with van der Waals surface area (Å²) in [7, 11) is 0. The van der Waals surface area contributed by atoms with E-state index in [1.165, 1.54) is 16.7 Å². The smallest absolute Gasteiger partial charge is 0.201 e. The molecule has 6 heteroatoms. The number of aromatic hydroxyl groups is 4. The zero-order chi connectivity index (χ0) is 42.8. The van der Waals surface area contributed by atoms with Gasteiger partial charge in [-0.15, -0.1) is 0 Å². The van der Waals surface area contributed by atoms with E-state index in [4.69, 9.17) is 9.98 Å². The van der Waals surface area contributed by atoms with Gasteiger partial charge in [0.05, 0.1) is 11.3 Å². The highest BCUT2D eigenvalue weighted by atomic mass is 16.3. The first-order chi connectivity index (χ1) is 29.5. The first-order valence-electron chi connectivity index (χ1n) is 20.9. The van der Waals surface area contributed by atoms with Gasteiger partial charge >= 0.3 is 0 Å². The molecule has 61 heavy (non-hydrogen) atoms. The molecule has 1 fully saturated rings. The molecule has 0 unspecified atom stereocenters. The van der Waals surface area contributed by atoms with Gasteiger partial charge in [-0.25, -0.2) is 9.98 Å². The van der Waals surface area contributed by atoms with Crippen molar-refractivity contribution >= 4 is 17.2 Å². The van der Waals surface area contributed by atoms with E-state index in [0.717, 1.165) is 74.3 Å². The molecule has 6 nitrogen and oxygen atoms in total. The second-order valence-corrected chi connectivity index (χ2v) is 16.0. The van der Waals surface area contributed by atoms with Crippen LogP contribution in [0.4, 0.5) is 0 Å². The zero-order valence-electron chi connectivity index (χ0n) is 35.2. The number of hydrogen-bond donors (Lipinski definition) is 4. The third kappa shape index (κ3) is 8.22. The fraction of sp³-hybridized carbons (Fsp3) is 0.164. The quantitative estimate of drug-likeness (QED) is 0.0478. The van der Waals surface area contributed by atoms with Crippen molar-refractivity contribution in [3.05, 3.63) is 185 Å². The van der Waals surface area contributed by atoms with Gasteiger partial charge in [-0.2, -0.15) is 0 Å². The lowest BCUT2D eigenvalue weighted by Crippen LogP contribution is -2.08. The van der Waals surface area contributed by atoms with Crippen LogP contribution in [0, 0.1) is 6.92 Å². The highest BCUT2D eigenvalue weighted by molar-refractivity contribution is 6.15. The monoisotopic (exact) mass is 802 g/mol. The molecule has 0 heterocycles. The Bertz CT molecular complexity index is 2830. The van der Waals surface area contributed by atoms with E-state index >= 15 is 0 Å². The summed E-state index contributed by atoms with van der Waals surface area (Å²) < 4.78 is 0. The van der Waals surface area contributed by atoms with Crippen molar-refractivity contribution in [1.82, 2.24) is 0 Å². The van der Waals surface area contributed by atoms with Crippen LogP contribution in [0.15, 0.2) is 161 Å². The van der Waals surface area contributed by atoms with Gasteiger partial charge in [-0.1, -0.05) is 158 Å². The summed E-state index contributed by atoms with van der Waals surface area (Å²) in [5, 5.41) is 42.1. The summed E-state index contributed by atoms with van der Waals surface area (Å²) in [6.07, 6.45) is 2.58. The van der Waals surface area contributed by atoms with Gasteiger partial charge in [0.25, 0.3) is 0 Å². The Morgan fingerprint density at radius 3 is 1.67 bits per heavy atom. The molecule has 8 rings (SSSR count). The van der Waals surface area contributed by atoms with Crippen molar-refractivity contribution in [2.45, 2.75) is 59.8 Å². The summed E-state index contributed by atoms with van der Waals surface area (Å²) in [5.74, 6) is -0.803. The minimum absolute atomic E-state index is 0.0881. The number of aryl methyl sites for hydroxylation is 1. The average Bonchev–Trinajstić information content (AvgIpc) is 4.14. The lowest BCUT2D eigenvalue weighted by molar-refractivity contribution is 0.358. The van der Waals surface area contributed by atoms with E-state index in [-0.39, 0.29) is 23.3 Å². The van der Waals surface area contributed by atoms with E-state index in [0.29, 0.717) is 17.3 Å². The summed E-state index contributed by atoms with van der Waals surface area (Å²) in [6.45, 7) is 10.2. The fourth-order valence-electron chi connectivity index (χ4n) is 8.17. The molecule has 0 atom stereocenters. The van der Waals surface area contributed by atoms with E-state index in [2.05, 4.69) is 113 Å². The van der Waals surface area contributed by atoms with Gasteiger partial charge in [-0.3, -0.25) is 0 Å². The Balaban J connectivity index is 1.16. The number of amidine groups is 1. The van der Waals surface area contributed by atoms with Crippen molar-refractivity contribution in [3.63, 3.8) is 0 Å². The molecule has 7 aromatic rings. The topological polar surface area (TPSA) is 106 Å². The summed E-state index contributed by atoms with van der Waals surface area (Å²) >= 11 is 0. The van der Waals surface area contributed by atoms with E-state index in [1.807, 2.05) is 48.5 Å². The van der Waals surface area contributed by atoms with Crippen LogP contribution in [0.25, 0.3) is 50.2 Å². The molecule has 1 saturated carbocycles. The lowest BCUT2D eigenvalue weighted by atomic mass is 9.87. The van der Waals surface area contributed by atoms with Crippen LogP contribution in [0.1, 0.15) is 79.8 Å². The van der Waals surface area contributed by atoms with Crippen LogP contribution >= 0.6 is 0 Å². The van der Waals surface area contributed by atoms with Gasteiger partial charge in [0.1, 0.15) is 5.75 Å². The molecule has 0 amide bonds. The second kappa shape index (κ2) is 17.2. The number of rotatable bonds is 10. The molecule has 304 valence electrons. The molecule has 0 bridgehead atoms. The highest BCUT2D eigenvalue weighted by Gasteiger charge is 2.29. The molecule has 7 aromatic carbocycles. The Hall–Kier alpha value is -7.18. The Morgan fingerprint density at radius 2 is 1.10 bits per heavy atom. The molecule has 0 saturated heterocycles. The van der Waals surface area contributed by atoms with Crippen molar-refractivity contribution in [3.8, 4) is 67.5 Å². The third-order valence-corrected chi connectivity index (χ3v) is 11.6. The minimum Gasteiger partial charge on any atom is -0.507 e. The highest BCUT2D eigenvalue weighted by Crippen LogP contribution is 2.52. The molecule has 1 aliphatic rings. The van der Waals surface area contributed by atoms with Crippen molar-refractivity contribution < 1.29 is 20.4 Å². The summed E-state index contributed by atoms with van der Waals surface area (Å²) in [5.41, 5.74) is 15.9. The predicted molar refractivity (Wildman–Crippen MR) is 251 cm³/mol. The molecule has 0 aliphatic heterocycles. The first-order valence-corrected chi connectivity index (χ1v) is 20.9. The number of benzene rings is 7. The van der Waals surface area contributed by atoms with Crippen LogP contribution in [-0.2, 0) is 6.42 Å². The molecule has 0 aromatic heterocycles. The summed E-state index contributed by atoms with van der Waals surface area (Å²) in [4.78, 5) is 10.7. The van der Waals surface area contributed by atoms with Crippen molar-refractivity contribution in [1.29, 1.82) is 0 Å². The van der Waals surface area contributed by atoms with Gasteiger partial charge < -0.3 is 20.4 Å². The predicted octanol–water partition coefficient (Wildman–Crippen LogP) is 13.6. The van der Waals surface area contributed by atoms with Gasteiger partial charge in [0.15, 0.2) is 17.3 Å². The molecule has 1 aliphatic carbocycles. The van der Waals surface area contributed by atoms with Crippen LogP contribution in [0.5, 0.6) is 23.0 Å². The first kappa shape index (κ1) is 40.6. The van der Waals surface area contributed by atoms with Crippen LogP contribution < -0.4 is 0 Å². The van der Waals surface area contributed by atoms with Crippen LogP contribution in [0.2, 0.25) is 0 Å².